The van der Waals surface area contributed by atoms with Gasteiger partial charge in [-0.3, -0.25) is 9.79 Å². The highest BCUT2D eigenvalue weighted by molar-refractivity contribution is 5.82. The van der Waals surface area contributed by atoms with Crippen LogP contribution in [0.2, 0.25) is 0 Å². The number of likely N-dealkylation sites (N-methyl/N-ethyl adjacent to an activating group) is 1. The molecule has 2 aliphatic heterocycles. The lowest BCUT2D eigenvalue weighted by Gasteiger charge is -2.49. The minimum atomic E-state index is -1.46. The summed E-state index contributed by atoms with van der Waals surface area (Å²) in [5.74, 6) is -0.439. The number of aliphatic hydroxyl groups is 4. The summed E-state index contributed by atoms with van der Waals surface area (Å²) in [5.41, 5.74) is 28.0. The second-order valence-electron chi connectivity index (χ2n) is 11.5. The number of hydrogen-bond donors (Lipinski definition) is 11. The molecule has 0 aromatic carbocycles. The molecular weight excluding hydrogens is 556 g/mol. The summed E-state index contributed by atoms with van der Waals surface area (Å²) in [7, 11) is 1.57. The topological polar surface area (TPSA) is 301 Å². The van der Waals surface area contributed by atoms with Gasteiger partial charge >= 0.3 is 0 Å². The quantitative estimate of drug-likeness (QED) is 0.0728. The molecule has 3 rings (SSSR count). The number of aliphatic hydroxyl groups excluding tert-OH is 3. The normalized spacial score (nSPS) is 42.2. The van der Waals surface area contributed by atoms with Crippen LogP contribution in [0.3, 0.4) is 0 Å². The molecule has 2 saturated heterocycles. The van der Waals surface area contributed by atoms with E-state index in [0.717, 1.165) is 0 Å². The number of nitrogens with zero attached hydrogens (tertiary/aromatic N) is 1. The summed E-state index contributed by atoms with van der Waals surface area (Å²) >= 11 is 0. The first-order chi connectivity index (χ1) is 19.8. The minimum absolute atomic E-state index is 0.0207. The third-order valence-electron chi connectivity index (χ3n) is 8.02. The Kier molecular flexibility index (Phi) is 12.8. The summed E-state index contributed by atoms with van der Waals surface area (Å²) in [5, 5.41) is 48.8. The van der Waals surface area contributed by atoms with Crippen molar-refractivity contribution in [3.8, 4) is 0 Å². The van der Waals surface area contributed by atoms with Crippen LogP contribution in [0.1, 0.15) is 32.6 Å². The third kappa shape index (κ3) is 8.53. The number of amides is 1. The minimum Gasteiger partial charge on any atom is -0.388 e. The van der Waals surface area contributed by atoms with Crippen LogP contribution in [0, 0.1) is 0 Å². The van der Waals surface area contributed by atoms with Crippen LogP contribution in [0.5, 0.6) is 0 Å². The molecule has 17 nitrogen and oxygen atoms in total. The van der Waals surface area contributed by atoms with Gasteiger partial charge in [0.05, 0.1) is 43.9 Å². The standard InChI is InChI=1S/C25H50N8O9/c1-25(38)10-39-24(18(36)21(25)31-2)42-20-14(33-22(37)15(34)5-6-26)7-13(29)19(17(20)35)41-23-12(28)4-3-11(40-23)9-32-16(30)8-27/h11-15,17-21,23-24,31,34-36,38H,3-10,26-29H2,1-2H3,(H2,30,32)(H,33,37)/t11-,12+,13-,14+,15-,17-,18+,19+,20-,21+,23+,24+,25-/m0/s1. The van der Waals surface area contributed by atoms with Crippen LogP contribution >= 0.6 is 0 Å². The third-order valence-corrected chi connectivity index (χ3v) is 8.02. The van der Waals surface area contributed by atoms with E-state index in [1.807, 2.05) is 0 Å². The molecule has 244 valence electrons. The first-order valence-corrected chi connectivity index (χ1v) is 14.3. The van der Waals surface area contributed by atoms with Crippen LogP contribution in [-0.4, -0.2) is 144 Å². The zero-order valence-electron chi connectivity index (χ0n) is 24.2. The zero-order chi connectivity index (χ0) is 31.2. The van der Waals surface area contributed by atoms with E-state index in [9.17, 15) is 25.2 Å². The summed E-state index contributed by atoms with van der Waals surface area (Å²) in [6.45, 7) is 1.77. The Morgan fingerprint density at radius 2 is 1.81 bits per heavy atom. The number of aliphatic imine (C=N–C) groups is 1. The maximum Gasteiger partial charge on any atom is 0.249 e. The molecule has 13 atom stereocenters. The number of carbonyl (C=O) groups is 1. The van der Waals surface area contributed by atoms with E-state index >= 15 is 0 Å². The largest absolute Gasteiger partial charge is 0.388 e. The molecular formula is C25H50N8O9. The maximum absolute atomic E-state index is 12.7. The summed E-state index contributed by atoms with van der Waals surface area (Å²) < 4.78 is 23.9. The van der Waals surface area contributed by atoms with Gasteiger partial charge in [0.1, 0.15) is 42.0 Å². The Bertz CT molecular complexity index is 902. The molecule has 0 aromatic rings. The highest BCUT2D eigenvalue weighted by atomic mass is 16.7. The first-order valence-electron chi connectivity index (χ1n) is 14.3. The molecule has 1 amide bonds. The second-order valence-corrected chi connectivity index (χ2v) is 11.5. The zero-order valence-corrected chi connectivity index (χ0v) is 24.2. The average molecular weight is 607 g/mol. The van der Waals surface area contributed by atoms with Crippen molar-refractivity contribution < 1.29 is 44.2 Å². The maximum atomic E-state index is 12.7. The van der Waals surface area contributed by atoms with Crippen LogP contribution in [0.4, 0.5) is 0 Å². The molecule has 0 bridgehead atoms. The fraction of sp³-hybridized carbons (Fsp3) is 0.920. The number of amidine groups is 1. The predicted molar refractivity (Wildman–Crippen MR) is 151 cm³/mol. The van der Waals surface area contributed by atoms with Gasteiger partial charge in [0, 0.05) is 6.04 Å². The van der Waals surface area contributed by atoms with E-state index in [-0.39, 0.29) is 51.0 Å². The van der Waals surface area contributed by atoms with Crippen molar-refractivity contribution in [3.63, 3.8) is 0 Å². The van der Waals surface area contributed by atoms with Gasteiger partial charge in [0.2, 0.25) is 5.91 Å². The van der Waals surface area contributed by atoms with Crippen molar-refractivity contribution in [2.24, 2.45) is 33.7 Å². The molecule has 2 heterocycles. The second kappa shape index (κ2) is 15.4. The van der Waals surface area contributed by atoms with Gasteiger partial charge in [0.25, 0.3) is 0 Å². The number of nitrogens with one attached hydrogen (secondary N) is 2. The molecule has 0 unspecified atom stereocenters. The predicted octanol–water partition coefficient (Wildman–Crippen LogP) is -5.75. The van der Waals surface area contributed by atoms with Crippen molar-refractivity contribution in [2.45, 2.75) is 112 Å². The monoisotopic (exact) mass is 606 g/mol. The number of carbonyl (C=O) groups excluding carboxylic acids is 1. The van der Waals surface area contributed by atoms with E-state index < -0.39 is 78.8 Å². The fourth-order valence-electron chi connectivity index (χ4n) is 5.60. The molecule has 1 aliphatic carbocycles. The molecule has 1 saturated carbocycles. The van der Waals surface area contributed by atoms with E-state index in [2.05, 4.69) is 15.6 Å². The summed E-state index contributed by atoms with van der Waals surface area (Å²) in [6.07, 6.45) is -7.82. The molecule has 0 spiro atoms. The van der Waals surface area contributed by atoms with Crippen molar-refractivity contribution >= 4 is 11.7 Å². The molecule has 3 aliphatic rings. The van der Waals surface area contributed by atoms with Gasteiger partial charge in [-0.15, -0.1) is 0 Å². The molecule has 3 fully saturated rings. The first kappa shape index (κ1) is 34.9. The molecule has 0 radical (unpaired) electrons. The average Bonchev–Trinajstić information content (AvgIpc) is 2.94. The van der Waals surface area contributed by atoms with E-state index in [4.69, 9.17) is 47.6 Å². The van der Waals surface area contributed by atoms with Crippen molar-refractivity contribution in [3.05, 3.63) is 0 Å². The van der Waals surface area contributed by atoms with Crippen molar-refractivity contribution in [2.75, 3.05) is 33.3 Å². The lowest BCUT2D eigenvalue weighted by Crippen LogP contribution is -2.69. The highest BCUT2D eigenvalue weighted by Crippen LogP contribution is 2.32. The van der Waals surface area contributed by atoms with Crippen LogP contribution < -0.4 is 39.3 Å². The van der Waals surface area contributed by atoms with Crippen LogP contribution in [-0.2, 0) is 23.7 Å². The molecule has 42 heavy (non-hydrogen) atoms. The molecule has 0 aromatic heterocycles. The molecule has 16 N–H and O–H groups in total. The lowest BCUT2D eigenvalue weighted by molar-refractivity contribution is -0.307. The Hall–Kier alpha value is -1.58. The van der Waals surface area contributed by atoms with Crippen LogP contribution in [0.15, 0.2) is 4.99 Å². The van der Waals surface area contributed by atoms with E-state index in [1.54, 1.807) is 7.05 Å². The Balaban J connectivity index is 1.80. The van der Waals surface area contributed by atoms with Gasteiger partial charge < -0.3 is 78.7 Å². The lowest BCUT2D eigenvalue weighted by atomic mass is 9.83. The van der Waals surface area contributed by atoms with Gasteiger partial charge in [-0.2, -0.15) is 0 Å². The van der Waals surface area contributed by atoms with Gasteiger partial charge in [-0.25, -0.2) is 0 Å². The summed E-state index contributed by atoms with van der Waals surface area (Å²) in [6, 6.07) is -3.08. The Labute approximate surface area is 245 Å². The SMILES string of the molecule is CN[C@@H]1[C@@H](O)[C@@H](O[C@@H]2[C@@H](O)[C@H](O[C@H]3O[C@H](CN=C(N)CN)CC[C@H]3N)[C@@H](N)C[C@H]2NC(=O)[C@@H](O)CCN)OC[C@]1(C)O. The smallest absolute Gasteiger partial charge is 0.249 e. The van der Waals surface area contributed by atoms with E-state index in [1.165, 1.54) is 6.92 Å². The van der Waals surface area contributed by atoms with Crippen molar-refractivity contribution in [1.82, 2.24) is 10.6 Å². The number of ether oxygens (including phenoxy) is 4. The Morgan fingerprint density at radius 1 is 1.12 bits per heavy atom. The van der Waals surface area contributed by atoms with Crippen molar-refractivity contribution in [1.29, 1.82) is 0 Å². The number of nitrogens with two attached hydrogens (primary N) is 5. The number of hydrogen-bond acceptors (Lipinski definition) is 15. The fourth-order valence-corrected chi connectivity index (χ4v) is 5.60. The highest BCUT2D eigenvalue weighted by Gasteiger charge is 2.52. The Morgan fingerprint density at radius 3 is 2.45 bits per heavy atom. The van der Waals surface area contributed by atoms with Gasteiger partial charge in [0.15, 0.2) is 12.6 Å². The number of rotatable bonds is 12. The van der Waals surface area contributed by atoms with Gasteiger partial charge in [-0.1, -0.05) is 0 Å². The van der Waals surface area contributed by atoms with Gasteiger partial charge in [-0.05, 0) is 46.2 Å². The molecule has 17 heteroatoms. The summed E-state index contributed by atoms with van der Waals surface area (Å²) in [4.78, 5) is 16.9. The van der Waals surface area contributed by atoms with E-state index in [0.29, 0.717) is 12.8 Å². The van der Waals surface area contributed by atoms with Crippen LogP contribution in [0.25, 0.3) is 0 Å².